The summed E-state index contributed by atoms with van der Waals surface area (Å²) in [6, 6.07) is 0. The van der Waals surface area contributed by atoms with Crippen molar-refractivity contribution >= 4 is 40.1 Å². The molecule has 0 aromatic heterocycles. The number of nitrogens with two attached hydrogens (primary N) is 1. The van der Waals surface area contributed by atoms with Crippen LogP contribution in [0.2, 0.25) is 0 Å². The average Bonchev–Trinajstić information content (AvgIpc) is 2.51. The molecule has 0 bridgehead atoms. The standard InChI is InChI=1S/C11H29N5O8S4/c1-5-8-10-27(21,22)15-16(4)28(23,24)11(12,13-25(17,18)7-3)14-26(19,20)9-6-2/h13-15H,5-10,12H2,1-4H3. The molecule has 0 aliphatic heterocycles. The van der Waals surface area contributed by atoms with Crippen molar-refractivity contribution < 1.29 is 33.7 Å². The van der Waals surface area contributed by atoms with Crippen molar-refractivity contribution in [3.63, 3.8) is 0 Å². The maximum atomic E-state index is 12.8. The highest BCUT2D eigenvalue weighted by molar-refractivity contribution is 7.96. The highest BCUT2D eigenvalue weighted by Crippen LogP contribution is 2.13. The molecule has 28 heavy (non-hydrogen) atoms. The molecule has 0 saturated carbocycles. The molecule has 0 radical (unpaired) electrons. The van der Waals surface area contributed by atoms with E-state index in [1.54, 1.807) is 21.2 Å². The lowest BCUT2D eigenvalue weighted by Gasteiger charge is -2.33. The normalized spacial score (nSPS) is 16.2. The van der Waals surface area contributed by atoms with Crippen LogP contribution in [-0.4, -0.2) is 67.5 Å². The molecule has 1 atom stereocenters. The molecule has 0 amide bonds. The van der Waals surface area contributed by atoms with E-state index in [1.165, 1.54) is 13.8 Å². The summed E-state index contributed by atoms with van der Waals surface area (Å²) in [7, 11) is -17.1. The van der Waals surface area contributed by atoms with Gasteiger partial charge in [-0.05, 0) is 19.8 Å². The highest BCUT2D eigenvalue weighted by atomic mass is 32.2. The van der Waals surface area contributed by atoms with Crippen molar-refractivity contribution in [3.8, 4) is 0 Å². The van der Waals surface area contributed by atoms with Crippen LogP contribution in [0.4, 0.5) is 0 Å². The van der Waals surface area contributed by atoms with Gasteiger partial charge in [0.25, 0.3) is 15.1 Å². The van der Waals surface area contributed by atoms with Gasteiger partial charge in [0.05, 0.1) is 17.3 Å². The van der Waals surface area contributed by atoms with Gasteiger partial charge >= 0.3 is 0 Å². The van der Waals surface area contributed by atoms with Gasteiger partial charge in [-0.3, -0.25) is 5.73 Å². The van der Waals surface area contributed by atoms with E-state index in [4.69, 9.17) is 5.73 Å². The Morgan fingerprint density at radius 3 is 1.71 bits per heavy atom. The molecule has 0 aromatic carbocycles. The molecule has 170 valence electrons. The molecule has 0 heterocycles. The molecule has 17 heteroatoms. The van der Waals surface area contributed by atoms with Crippen molar-refractivity contribution in [1.82, 2.24) is 18.7 Å². The van der Waals surface area contributed by atoms with E-state index in [-0.39, 0.29) is 17.3 Å². The molecule has 1 unspecified atom stereocenters. The van der Waals surface area contributed by atoms with E-state index in [9.17, 15) is 33.7 Å². The fourth-order valence-electron chi connectivity index (χ4n) is 1.82. The number of sulfonamides is 4. The van der Waals surface area contributed by atoms with Crippen molar-refractivity contribution in [3.05, 3.63) is 0 Å². The number of nitrogens with zero attached hydrogens (tertiary/aromatic N) is 1. The zero-order valence-electron chi connectivity index (χ0n) is 16.2. The summed E-state index contributed by atoms with van der Waals surface area (Å²) in [6.45, 7) is 4.39. The zero-order valence-corrected chi connectivity index (χ0v) is 19.4. The lowest BCUT2D eigenvalue weighted by Crippen LogP contribution is -2.74. The summed E-state index contributed by atoms with van der Waals surface area (Å²) in [5.41, 5.74) is 5.63. The van der Waals surface area contributed by atoms with Crippen molar-refractivity contribution in [2.45, 2.75) is 45.2 Å². The molecule has 13 nitrogen and oxygen atoms in total. The predicted octanol–water partition coefficient (Wildman–Crippen LogP) is -2.28. The summed E-state index contributed by atoms with van der Waals surface area (Å²) in [6.07, 6.45) is 0.847. The monoisotopic (exact) mass is 487 g/mol. The van der Waals surface area contributed by atoms with Gasteiger partial charge in [0, 0.05) is 7.05 Å². The summed E-state index contributed by atoms with van der Waals surface area (Å²) < 4.78 is 101. The van der Waals surface area contributed by atoms with Crippen LogP contribution in [0.25, 0.3) is 0 Å². The topological polar surface area (TPSA) is 202 Å². The largest absolute Gasteiger partial charge is 0.285 e. The first-order valence-corrected chi connectivity index (χ1v) is 14.7. The lowest BCUT2D eigenvalue weighted by atomic mass is 10.4. The molecule has 0 fully saturated rings. The Morgan fingerprint density at radius 1 is 0.786 bits per heavy atom. The second-order valence-electron chi connectivity index (χ2n) is 5.90. The van der Waals surface area contributed by atoms with Crippen molar-refractivity contribution in [2.75, 3.05) is 24.3 Å². The number of unbranched alkanes of at least 4 members (excludes halogenated alkanes) is 1. The van der Waals surface area contributed by atoms with Gasteiger partial charge in [-0.15, -0.1) is 9.25 Å². The van der Waals surface area contributed by atoms with Gasteiger partial charge in [0.15, 0.2) is 0 Å². The Bertz CT molecular complexity index is 929. The van der Waals surface area contributed by atoms with Crippen LogP contribution in [0.1, 0.15) is 40.0 Å². The molecule has 5 N–H and O–H groups in total. The summed E-state index contributed by atoms with van der Waals surface area (Å²) in [4.78, 5) is 1.73. The van der Waals surface area contributed by atoms with Crippen LogP contribution in [0.3, 0.4) is 0 Å². The Labute approximate surface area is 167 Å². The van der Waals surface area contributed by atoms with Crippen LogP contribution < -0.4 is 20.0 Å². The maximum Gasteiger partial charge on any atom is 0.276 e. The lowest BCUT2D eigenvalue weighted by molar-refractivity contribution is 0.379. The third-order valence-corrected chi connectivity index (χ3v) is 9.82. The van der Waals surface area contributed by atoms with Crippen LogP contribution in [0, 0.1) is 0 Å². The second kappa shape index (κ2) is 10.1. The first-order valence-electron chi connectivity index (χ1n) is 8.28. The predicted molar refractivity (Wildman–Crippen MR) is 105 cm³/mol. The van der Waals surface area contributed by atoms with Crippen molar-refractivity contribution in [1.29, 1.82) is 0 Å². The van der Waals surface area contributed by atoms with Crippen LogP contribution in [0.5, 0.6) is 0 Å². The van der Waals surface area contributed by atoms with E-state index < -0.39 is 62.5 Å². The van der Waals surface area contributed by atoms with E-state index in [2.05, 4.69) is 0 Å². The summed E-state index contributed by atoms with van der Waals surface area (Å²) in [5, 5.41) is -3.25. The smallest absolute Gasteiger partial charge is 0.276 e. The minimum atomic E-state index is -5.11. The van der Waals surface area contributed by atoms with Crippen LogP contribution in [0.15, 0.2) is 0 Å². The Morgan fingerprint density at radius 2 is 1.29 bits per heavy atom. The van der Waals surface area contributed by atoms with E-state index >= 15 is 0 Å². The van der Waals surface area contributed by atoms with Gasteiger partial charge in [-0.25, -0.2) is 33.7 Å². The zero-order chi connectivity index (χ0) is 22.4. The minimum absolute atomic E-state index is 0.0602. The van der Waals surface area contributed by atoms with E-state index in [0.29, 0.717) is 6.42 Å². The van der Waals surface area contributed by atoms with Gasteiger partial charge in [-0.2, -0.15) is 9.44 Å². The maximum absolute atomic E-state index is 12.8. The number of hydrogen-bond donors (Lipinski definition) is 4. The second-order valence-corrected chi connectivity index (χ2v) is 13.7. The fourth-order valence-corrected chi connectivity index (χ4v) is 7.62. The van der Waals surface area contributed by atoms with Gasteiger partial charge in [0.2, 0.25) is 30.1 Å². The SMILES string of the molecule is CCCCS(=O)(=O)NN(C)S(=O)(=O)C(N)(NS(=O)(=O)CC)NS(=O)(=O)CCC. The molecular weight excluding hydrogens is 458 g/mol. The fraction of sp³-hybridized carbons (Fsp3) is 1.00. The van der Waals surface area contributed by atoms with Crippen LogP contribution >= 0.6 is 0 Å². The van der Waals surface area contributed by atoms with E-state index in [0.717, 1.165) is 7.05 Å². The Kier molecular flexibility index (Phi) is 9.93. The molecule has 0 saturated heterocycles. The average molecular weight is 488 g/mol. The Hall–Kier alpha value is -0.400. The molecular formula is C11H29N5O8S4. The third kappa shape index (κ3) is 8.15. The first kappa shape index (κ1) is 27.6. The highest BCUT2D eigenvalue weighted by Gasteiger charge is 2.49. The number of hydrazine groups is 1. The summed E-state index contributed by atoms with van der Waals surface area (Å²) >= 11 is 0. The Balaban J connectivity index is 6.11. The quantitative estimate of drug-likeness (QED) is 0.154. The van der Waals surface area contributed by atoms with Gasteiger partial charge in [0.1, 0.15) is 0 Å². The minimum Gasteiger partial charge on any atom is -0.285 e. The van der Waals surface area contributed by atoms with Crippen molar-refractivity contribution in [2.24, 2.45) is 5.73 Å². The molecule has 0 spiro atoms. The van der Waals surface area contributed by atoms with Gasteiger partial charge in [-0.1, -0.05) is 20.3 Å². The molecule has 0 aliphatic rings. The number of hydrogen-bond acceptors (Lipinski definition) is 9. The summed E-state index contributed by atoms with van der Waals surface area (Å²) in [5.74, 6) is -1.55. The molecule has 0 aromatic rings. The van der Waals surface area contributed by atoms with Gasteiger partial charge < -0.3 is 0 Å². The number of nitrogens with one attached hydrogen (secondary N) is 3. The van der Waals surface area contributed by atoms with E-state index in [1.807, 2.05) is 0 Å². The first-order chi connectivity index (χ1) is 12.5. The number of rotatable bonds is 14. The third-order valence-electron chi connectivity index (χ3n) is 3.27. The molecule has 0 rings (SSSR count). The molecule has 0 aliphatic carbocycles. The van der Waals surface area contributed by atoms with Crippen LogP contribution in [-0.2, 0) is 40.1 Å².